The second kappa shape index (κ2) is 6.33. The average molecular weight is 308 g/mol. The normalized spacial score (nSPS) is 13.2. The average Bonchev–Trinajstić information content (AvgIpc) is 2.27. The van der Waals surface area contributed by atoms with Crippen molar-refractivity contribution in [3.05, 3.63) is 28.8 Å². The molecule has 0 spiro atoms. The van der Waals surface area contributed by atoms with E-state index in [9.17, 15) is 13.2 Å². The highest BCUT2D eigenvalue weighted by atomic mass is 35.5. The van der Waals surface area contributed by atoms with Gasteiger partial charge in [-0.15, -0.1) is 0 Å². The first-order chi connectivity index (χ1) is 8.77. The summed E-state index contributed by atoms with van der Waals surface area (Å²) >= 11 is 5.73. The molecule has 0 aromatic heterocycles. The monoisotopic (exact) mass is 307 g/mol. The molecule has 6 nitrogen and oxygen atoms in total. The topological polar surface area (TPSA) is 104 Å². The minimum absolute atomic E-state index is 0.0407. The van der Waals surface area contributed by atoms with Crippen molar-refractivity contribution in [2.45, 2.75) is 24.3 Å². The van der Waals surface area contributed by atoms with Gasteiger partial charge in [0.05, 0.1) is 4.90 Å². The molecule has 1 aromatic carbocycles. The Morgan fingerprint density at radius 1 is 1.47 bits per heavy atom. The molecule has 8 heteroatoms. The molecule has 0 saturated carbocycles. The van der Waals surface area contributed by atoms with Crippen molar-refractivity contribution in [3.63, 3.8) is 0 Å². The number of hydrogen-bond acceptors (Lipinski definition) is 4. The number of halogens is 1. The molecule has 0 heterocycles. The minimum Gasteiger partial charge on any atom is -0.480 e. The summed E-state index contributed by atoms with van der Waals surface area (Å²) in [6.45, 7) is 1.13. The molecular formula is C11H14ClNO5S. The number of carboxylic acid groups (broad SMARTS) is 1. The van der Waals surface area contributed by atoms with Crippen LogP contribution in [0.2, 0.25) is 5.02 Å². The van der Waals surface area contributed by atoms with Gasteiger partial charge in [0.1, 0.15) is 6.04 Å². The van der Waals surface area contributed by atoms with Gasteiger partial charge in [0.15, 0.2) is 0 Å². The molecule has 19 heavy (non-hydrogen) atoms. The third kappa shape index (κ3) is 4.17. The lowest BCUT2D eigenvalue weighted by molar-refractivity contribution is -0.139. The molecule has 0 unspecified atom stereocenters. The van der Waals surface area contributed by atoms with Crippen LogP contribution >= 0.6 is 11.6 Å². The molecule has 1 rings (SSSR count). The summed E-state index contributed by atoms with van der Waals surface area (Å²) in [4.78, 5) is 10.8. The number of nitrogens with one attached hydrogen (secondary N) is 1. The van der Waals surface area contributed by atoms with Crippen molar-refractivity contribution >= 4 is 27.6 Å². The Labute approximate surface area is 116 Å². The van der Waals surface area contributed by atoms with Crippen molar-refractivity contribution in [3.8, 4) is 0 Å². The number of carboxylic acids is 1. The summed E-state index contributed by atoms with van der Waals surface area (Å²) in [7, 11) is -3.97. The third-order valence-electron chi connectivity index (χ3n) is 2.44. The highest BCUT2D eigenvalue weighted by molar-refractivity contribution is 7.89. The van der Waals surface area contributed by atoms with E-state index in [0.717, 1.165) is 0 Å². The van der Waals surface area contributed by atoms with Crippen molar-refractivity contribution < 1.29 is 23.4 Å². The fourth-order valence-corrected chi connectivity index (χ4v) is 3.20. The van der Waals surface area contributed by atoms with Gasteiger partial charge in [0, 0.05) is 11.6 Å². The standard InChI is InChI=1S/C11H14ClNO5S/c1-7-6-8(12)2-3-10(7)19(17,18)13-9(4-5-14)11(15)16/h2-3,6,9,13-14H,4-5H2,1H3,(H,15,16)/t9-/m0/s1. The first kappa shape index (κ1) is 15.9. The molecule has 0 aliphatic carbocycles. The van der Waals surface area contributed by atoms with Gasteiger partial charge in [0.25, 0.3) is 0 Å². The van der Waals surface area contributed by atoms with Crippen molar-refractivity contribution in [1.29, 1.82) is 0 Å². The zero-order valence-electron chi connectivity index (χ0n) is 10.1. The van der Waals surface area contributed by atoms with E-state index >= 15 is 0 Å². The van der Waals surface area contributed by atoms with Gasteiger partial charge in [0.2, 0.25) is 10.0 Å². The van der Waals surface area contributed by atoms with Crippen molar-refractivity contribution in [2.24, 2.45) is 0 Å². The van der Waals surface area contributed by atoms with E-state index in [1.165, 1.54) is 18.2 Å². The summed E-state index contributed by atoms with van der Waals surface area (Å²) in [5.74, 6) is -1.34. The summed E-state index contributed by atoms with van der Waals surface area (Å²) in [5.41, 5.74) is 0.410. The van der Waals surface area contributed by atoms with E-state index in [-0.39, 0.29) is 11.3 Å². The molecule has 0 amide bonds. The van der Waals surface area contributed by atoms with E-state index in [0.29, 0.717) is 10.6 Å². The van der Waals surface area contributed by atoms with Crippen LogP contribution in [0.15, 0.2) is 23.1 Å². The second-order valence-electron chi connectivity index (χ2n) is 3.93. The summed E-state index contributed by atoms with van der Waals surface area (Å²) in [6, 6.07) is 2.81. The lowest BCUT2D eigenvalue weighted by Gasteiger charge is -2.15. The molecule has 0 bridgehead atoms. The van der Waals surface area contributed by atoms with Crippen molar-refractivity contribution in [1.82, 2.24) is 4.72 Å². The smallest absolute Gasteiger partial charge is 0.321 e. The summed E-state index contributed by atoms with van der Waals surface area (Å²) in [5, 5.41) is 18.0. The largest absolute Gasteiger partial charge is 0.480 e. The van der Waals surface area contributed by atoms with Gasteiger partial charge >= 0.3 is 5.97 Å². The minimum atomic E-state index is -3.97. The molecule has 106 valence electrons. The summed E-state index contributed by atoms with van der Waals surface area (Å²) in [6.07, 6.45) is -0.207. The number of rotatable bonds is 6. The highest BCUT2D eigenvalue weighted by Gasteiger charge is 2.25. The maximum absolute atomic E-state index is 12.1. The Kier molecular flexibility index (Phi) is 5.30. The number of aliphatic hydroxyl groups is 1. The summed E-state index contributed by atoms with van der Waals surface area (Å²) < 4.78 is 26.1. The molecule has 1 atom stereocenters. The molecule has 0 aliphatic heterocycles. The predicted molar refractivity (Wildman–Crippen MR) is 69.6 cm³/mol. The van der Waals surface area contributed by atoms with Crippen LogP contribution in [-0.2, 0) is 14.8 Å². The van der Waals surface area contributed by atoms with Gasteiger partial charge in [-0.05, 0) is 37.1 Å². The lowest BCUT2D eigenvalue weighted by atomic mass is 10.2. The Bertz CT molecular complexity index is 572. The SMILES string of the molecule is Cc1cc(Cl)ccc1S(=O)(=O)N[C@@H](CCO)C(=O)O. The maximum atomic E-state index is 12.1. The number of sulfonamides is 1. The number of aliphatic hydroxyl groups excluding tert-OH is 1. The van der Waals surface area contributed by atoms with E-state index in [1.54, 1.807) is 6.92 Å². The van der Waals surface area contributed by atoms with Crippen molar-refractivity contribution in [2.75, 3.05) is 6.61 Å². The van der Waals surface area contributed by atoms with Gasteiger partial charge in [-0.2, -0.15) is 4.72 Å². The molecule has 1 aromatic rings. The maximum Gasteiger partial charge on any atom is 0.321 e. The Hall–Kier alpha value is -1.15. The first-order valence-corrected chi connectivity index (χ1v) is 7.26. The Morgan fingerprint density at radius 2 is 2.11 bits per heavy atom. The highest BCUT2D eigenvalue weighted by Crippen LogP contribution is 2.19. The van der Waals surface area contributed by atoms with Crippen LogP contribution in [0.3, 0.4) is 0 Å². The van der Waals surface area contributed by atoms with E-state index in [2.05, 4.69) is 0 Å². The molecule has 3 N–H and O–H groups in total. The van der Waals surface area contributed by atoms with Crippen LogP contribution < -0.4 is 4.72 Å². The van der Waals surface area contributed by atoms with E-state index in [4.69, 9.17) is 21.8 Å². The molecule has 0 fully saturated rings. The van der Waals surface area contributed by atoms with Gasteiger partial charge < -0.3 is 10.2 Å². The zero-order valence-corrected chi connectivity index (χ0v) is 11.7. The van der Waals surface area contributed by atoms with Gasteiger partial charge in [-0.25, -0.2) is 8.42 Å². The molecule has 0 radical (unpaired) electrons. The Morgan fingerprint density at radius 3 is 2.58 bits per heavy atom. The molecule has 0 aliphatic rings. The van der Waals surface area contributed by atoms with Crippen LogP contribution in [0.1, 0.15) is 12.0 Å². The Balaban J connectivity index is 3.06. The predicted octanol–water partition coefficient (Wildman–Crippen LogP) is 0.762. The number of aryl methyl sites for hydroxylation is 1. The molecular weight excluding hydrogens is 294 g/mol. The van der Waals surface area contributed by atoms with Crippen LogP contribution in [0.5, 0.6) is 0 Å². The first-order valence-electron chi connectivity index (χ1n) is 5.40. The van der Waals surface area contributed by atoms with Gasteiger partial charge in [-0.1, -0.05) is 11.6 Å². The fourth-order valence-electron chi connectivity index (χ4n) is 1.53. The van der Waals surface area contributed by atoms with E-state index in [1.807, 2.05) is 4.72 Å². The quantitative estimate of drug-likeness (QED) is 0.720. The number of aliphatic carboxylic acids is 1. The fraction of sp³-hybridized carbons (Fsp3) is 0.364. The second-order valence-corrected chi connectivity index (χ2v) is 6.05. The van der Waals surface area contributed by atoms with Crippen LogP contribution in [0.4, 0.5) is 0 Å². The van der Waals surface area contributed by atoms with Crippen LogP contribution in [0.25, 0.3) is 0 Å². The third-order valence-corrected chi connectivity index (χ3v) is 4.31. The number of benzene rings is 1. The number of carbonyl (C=O) groups is 1. The van der Waals surface area contributed by atoms with Crippen LogP contribution in [0, 0.1) is 6.92 Å². The van der Waals surface area contributed by atoms with Gasteiger partial charge in [-0.3, -0.25) is 4.79 Å². The zero-order chi connectivity index (χ0) is 14.6. The lowest BCUT2D eigenvalue weighted by Crippen LogP contribution is -2.41. The molecule has 0 saturated heterocycles. The van der Waals surface area contributed by atoms with E-state index < -0.39 is 28.6 Å². The van der Waals surface area contributed by atoms with Crippen LogP contribution in [-0.4, -0.2) is 37.2 Å². The number of hydrogen-bond donors (Lipinski definition) is 3.